The van der Waals surface area contributed by atoms with E-state index in [1.807, 2.05) is 6.08 Å². The molecule has 0 fully saturated rings. The average Bonchev–Trinajstić information content (AvgIpc) is 2.63. The van der Waals surface area contributed by atoms with Crippen molar-refractivity contribution in [3.05, 3.63) is 11.8 Å². The van der Waals surface area contributed by atoms with Gasteiger partial charge in [-0.05, 0) is 19.3 Å². The maximum absolute atomic E-state index is 12.2. The molecule has 0 unspecified atom stereocenters. The molecule has 3 heteroatoms. The van der Waals surface area contributed by atoms with E-state index in [1.165, 1.54) is 83.5 Å². The van der Waals surface area contributed by atoms with Gasteiger partial charge in [0.2, 0.25) is 5.91 Å². The number of rotatable bonds is 18. The molecule has 27 heavy (non-hydrogen) atoms. The number of hydrogen-bond donors (Lipinski definition) is 1. The molecule has 0 saturated heterocycles. The molecule has 0 aliphatic rings. The molecule has 0 aliphatic carbocycles. The number of carbonyl (C=O) groups excluding carboxylic acids is 1. The van der Waals surface area contributed by atoms with Crippen LogP contribution in [0.1, 0.15) is 111 Å². The molecule has 0 aromatic carbocycles. The highest BCUT2D eigenvalue weighted by atomic mass is 16.1. The second-order valence-corrected chi connectivity index (χ2v) is 8.73. The van der Waals surface area contributed by atoms with Crippen LogP contribution in [0.2, 0.25) is 0 Å². The Balaban J connectivity index is 3.85. The van der Waals surface area contributed by atoms with Gasteiger partial charge >= 0.3 is 0 Å². The third-order valence-corrected chi connectivity index (χ3v) is 5.70. The van der Waals surface area contributed by atoms with Gasteiger partial charge in [0.05, 0.1) is 26.7 Å². The highest BCUT2D eigenvalue weighted by Gasteiger charge is 2.18. The van der Waals surface area contributed by atoms with Gasteiger partial charge in [0, 0.05) is 13.5 Å². The first kappa shape index (κ1) is 26.2. The van der Waals surface area contributed by atoms with Crippen molar-refractivity contribution < 1.29 is 9.28 Å². The van der Waals surface area contributed by atoms with Gasteiger partial charge in [0.15, 0.2) is 0 Å². The zero-order valence-electron chi connectivity index (χ0n) is 19.2. The Bertz CT molecular complexity index is 388. The lowest BCUT2D eigenvalue weighted by atomic mass is 10.1. The summed E-state index contributed by atoms with van der Waals surface area (Å²) in [7, 11) is 4.42. The zero-order valence-corrected chi connectivity index (χ0v) is 19.2. The number of hydrogen-bond acceptors (Lipinski definition) is 1. The summed E-state index contributed by atoms with van der Waals surface area (Å²) in [5.74, 6) is 0.0737. The fraction of sp³-hybridized carbons (Fsp3) is 0.875. The maximum Gasteiger partial charge on any atom is 0.249 e. The normalized spacial score (nSPS) is 12.4. The van der Waals surface area contributed by atoms with Crippen molar-refractivity contribution in [1.82, 2.24) is 5.32 Å². The molecule has 1 amide bonds. The van der Waals surface area contributed by atoms with Crippen LogP contribution in [0, 0.1) is 0 Å². The minimum absolute atomic E-state index is 0.0737. The van der Waals surface area contributed by atoms with Gasteiger partial charge in [0.1, 0.15) is 5.70 Å². The molecule has 0 spiro atoms. The summed E-state index contributed by atoms with van der Waals surface area (Å²) in [5.41, 5.74) is 1.15. The van der Waals surface area contributed by atoms with Crippen LogP contribution in [0.5, 0.6) is 0 Å². The fourth-order valence-electron chi connectivity index (χ4n) is 3.35. The number of quaternary nitrogens is 1. The molecular weight excluding hydrogens is 332 g/mol. The van der Waals surface area contributed by atoms with Crippen molar-refractivity contribution in [3.8, 4) is 0 Å². The van der Waals surface area contributed by atoms with Gasteiger partial charge < -0.3 is 5.32 Å². The summed E-state index contributed by atoms with van der Waals surface area (Å²) in [5, 5.41) is 3.06. The number of carbonyl (C=O) groups is 1. The van der Waals surface area contributed by atoms with Crippen LogP contribution in [0.15, 0.2) is 11.8 Å². The molecular formula is C24H49N2O+. The Morgan fingerprint density at radius 3 is 1.70 bits per heavy atom. The van der Waals surface area contributed by atoms with Gasteiger partial charge in [-0.25, -0.2) is 0 Å². The molecule has 0 saturated carbocycles. The van der Waals surface area contributed by atoms with E-state index in [0.29, 0.717) is 0 Å². The van der Waals surface area contributed by atoms with Crippen LogP contribution in [-0.4, -0.2) is 37.6 Å². The molecule has 0 aliphatic heterocycles. The van der Waals surface area contributed by atoms with Gasteiger partial charge in [-0.3, -0.25) is 9.28 Å². The predicted octanol–water partition coefficient (Wildman–Crippen LogP) is 6.58. The molecule has 0 atom stereocenters. The van der Waals surface area contributed by atoms with E-state index in [-0.39, 0.29) is 5.91 Å². The smallest absolute Gasteiger partial charge is 0.249 e. The summed E-state index contributed by atoms with van der Waals surface area (Å²) in [4.78, 5) is 12.2. The standard InChI is InChI=1S/C24H48N2O/c1-6-8-10-12-14-15-16-18-20-25-24(27)22-23(3)26(4,5)21-19-17-13-11-9-7-2/h22H,6-21H2,1-5H3/p+1/b23-22+. The van der Waals surface area contributed by atoms with E-state index >= 15 is 0 Å². The van der Waals surface area contributed by atoms with Crippen LogP contribution in [-0.2, 0) is 4.79 Å². The number of nitrogens with zero attached hydrogens (tertiary/aromatic N) is 1. The van der Waals surface area contributed by atoms with E-state index in [1.54, 1.807) is 0 Å². The lowest BCUT2D eigenvalue weighted by Gasteiger charge is -2.30. The van der Waals surface area contributed by atoms with Crippen LogP contribution < -0.4 is 5.32 Å². The molecule has 0 bridgehead atoms. The van der Waals surface area contributed by atoms with Crippen molar-refractivity contribution in [2.75, 3.05) is 27.2 Å². The third-order valence-electron chi connectivity index (χ3n) is 5.70. The van der Waals surface area contributed by atoms with Crippen LogP contribution >= 0.6 is 0 Å². The monoisotopic (exact) mass is 381 g/mol. The first-order chi connectivity index (χ1) is 12.9. The minimum atomic E-state index is 0.0737. The van der Waals surface area contributed by atoms with E-state index in [9.17, 15) is 4.79 Å². The summed E-state index contributed by atoms with van der Waals surface area (Å²) < 4.78 is 0.818. The van der Waals surface area contributed by atoms with Crippen molar-refractivity contribution in [2.45, 2.75) is 111 Å². The van der Waals surface area contributed by atoms with Crippen molar-refractivity contribution in [1.29, 1.82) is 0 Å². The Morgan fingerprint density at radius 2 is 1.19 bits per heavy atom. The molecule has 0 radical (unpaired) electrons. The largest absolute Gasteiger partial charge is 0.352 e. The van der Waals surface area contributed by atoms with Crippen molar-refractivity contribution in [2.24, 2.45) is 0 Å². The second-order valence-electron chi connectivity index (χ2n) is 8.73. The maximum atomic E-state index is 12.2. The summed E-state index contributed by atoms with van der Waals surface area (Å²) in [6.07, 6.45) is 20.1. The Labute approximate surface area is 170 Å². The Hall–Kier alpha value is -0.830. The fourth-order valence-corrected chi connectivity index (χ4v) is 3.35. The SMILES string of the molecule is CCCCCCCCCCNC(=O)/C=C(\C)[N+](C)(C)CCCCCCCC. The molecule has 0 aromatic rings. The summed E-state index contributed by atoms with van der Waals surface area (Å²) in [6.45, 7) is 8.52. The zero-order chi connectivity index (χ0) is 20.4. The van der Waals surface area contributed by atoms with Gasteiger partial charge in [-0.2, -0.15) is 0 Å². The summed E-state index contributed by atoms with van der Waals surface area (Å²) in [6, 6.07) is 0. The third kappa shape index (κ3) is 15.9. The molecule has 0 rings (SSSR count). The van der Waals surface area contributed by atoms with E-state index < -0.39 is 0 Å². The highest BCUT2D eigenvalue weighted by molar-refractivity contribution is 5.87. The number of allylic oxidation sites excluding steroid dienone is 1. The second kappa shape index (κ2) is 17.3. The van der Waals surface area contributed by atoms with Gasteiger partial charge in [-0.1, -0.05) is 84.5 Å². The highest BCUT2D eigenvalue weighted by Crippen LogP contribution is 2.14. The minimum Gasteiger partial charge on any atom is -0.352 e. The number of unbranched alkanes of at least 4 members (excludes halogenated alkanes) is 12. The molecule has 160 valence electrons. The first-order valence-electron chi connectivity index (χ1n) is 11.7. The Kier molecular flexibility index (Phi) is 16.7. The molecule has 1 N–H and O–H groups in total. The molecule has 3 nitrogen and oxygen atoms in total. The quantitative estimate of drug-likeness (QED) is 0.162. The van der Waals surface area contributed by atoms with Crippen LogP contribution in [0.4, 0.5) is 0 Å². The van der Waals surface area contributed by atoms with Gasteiger partial charge in [-0.15, -0.1) is 0 Å². The first-order valence-corrected chi connectivity index (χ1v) is 11.7. The van der Waals surface area contributed by atoms with Gasteiger partial charge in [0.25, 0.3) is 0 Å². The van der Waals surface area contributed by atoms with Crippen molar-refractivity contribution >= 4 is 5.91 Å². The van der Waals surface area contributed by atoms with Crippen LogP contribution in [0.25, 0.3) is 0 Å². The van der Waals surface area contributed by atoms with E-state index in [0.717, 1.165) is 29.7 Å². The Morgan fingerprint density at radius 1 is 0.741 bits per heavy atom. The van der Waals surface area contributed by atoms with Crippen molar-refractivity contribution in [3.63, 3.8) is 0 Å². The lowest BCUT2D eigenvalue weighted by Crippen LogP contribution is -2.39. The molecule has 0 aromatic heterocycles. The average molecular weight is 382 g/mol. The predicted molar refractivity (Wildman–Crippen MR) is 120 cm³/mol. The molecule has 0 heterocycles. The topological polar surface area (TPSA) is 29.1 Å². The summed E-state index contributed by atoms with van der Waals surface area (Å²) >= 11 is 0. The van der Waals surface area contributed by atoms with E-state index in [4.69, 9.17) is 0 Å². The van der Waals surface area contributed by atoms with E-state index in [2.05, 4.69) is 40.2 Å². The number of amides is 1. The lowest BCUT2D eigenvalue weighted by molar-refractivity contribution is -0.852. The number of nitrogens with one attached hydrogen (secondary N) is 1. The van der Waals surface area contributed by atoms with Crippen LogP contribution in [0.3, 0.4) is 0 Å².